The van der Waals surface area contributed by atoms with Gasteiger partial charge in [-0.15, -0.1) is 9.36 Å². The third kappa shape index (κ3) is 3.05. The smallest absolute Gasteiger partial charge is 0.198 e. The Morgan fingerprint density at radius 3 is 2.31 bits per heavy atom. The Morgan fingerprint density at radius 1 is 0.889 bits per heavy atom. The van der Waals surface area contributed by atoms with Gasteiger partial charge in [0.2, 0.25) is 0 Å². The zero-order valence-electron chi connectivity index (χ0n) is 22.3. The molecule has 0 saturated heterocycles. The summed E-state index contributed by atoms with van der Waals surface area (Å²) >= 11 is 0. The number of hydrogen-bond acceptors (Lipinski definition) is 3. The third-order valence-corrected chi connectivity index (χ3v) is 7.94. The largest absolute Gasteiger partial charge is 0.456 e. The van der Waals surface area contributed by atoms with E-state index in [9.17, 15) is 0 Å². The second-order valence-electron chi connectivity index (χ2n) is 10.8. The van der Waals surface area contributed by atoms with E-state index >= 15 is 0 Å². The van der Waals surface area contributed by atoms with Crippen molar-refractivity contribution in [1.29, 1.82) is 0 Å². The number of fused-ring (bicyclic) bond motifs is 4. The van der Waals surface area contributed by atoms with E-state index in [2.05, 4.69) is 135 Å². The predicted molar refractivity (Wildman–Crippen MR) is 148 cm³/mol. The van der Waals surface area contributed by atoms with E-state index in [0.717, 1.165) is 11.2 Å². The number of aryl methyl sites for hydroxylation is 1. The Kier molecular flexibility index (Phi) is 4.98. The highest BCUT2D eigenvalue weighted by Gasteiger charge is 2.45. The van der Waals surface area contributed by atoms with Gasteiger partial charge in [0.1, 0.15) is 17.3 Å². The van der Waals surface area contributed by atoms with Gasteiger partial charge in [0.25, 0.3) is 0 Å². The topological polar surface area (TPSA) is 28.4 Å². The molecule has 0 spiro atoms. The maximum absolute atomic E-state index is 6.30. The monoisotopic (exact) mass is 479 g/mol. The summed E-state index contributed by atoms with van der Waals surface area (Å²) in [6.45, 7) is 13.7. The number of nitrogens with zero attached hydrogens (tertiary/aromatic N) is 4. The van der Waals surface area contributed by atoms with Crippen molar-refractivity contribution in [1.82, 2.24) is 4.68 Å². The molecule has 0 aliphatic carbocycles. The SMILES string of the molecule is Cc1ccc2oc3ccccc3c2c1C(C)(C)N1c2ccccc2N(c2cc[n+](C(C)C)n2C)C1C. The number of furan rings is 1. The molecule has 2 aromatic heterocycles. The van der Waals surface area contributed by atoms with Gasteiger partial charge in [0, 0.05) is 10.8 Å². The lowest BCUT2D eigenvalue weighted by Crippen LogP contribution is -2.50. The first kappa shape index (κ1) is 22.7. The summed E-state index contributed by atoms with van der Waals surface area (Å²) in [5, 5.41) is 2.40. The molecule has 5 heteroatoms. The van der Waals surface area contributed by atoms with Gasteiger partial charge in [-0.05, 0) is 76.9 Å². The van der Waals surface area contributed by atoms with Gasteiger partial charge in [-0.1, -0.05) is 36.4 Å². The second-order valence-corrected chi connectivity index (χ2v) is 10.8. The Morgan fingerprint density at radius 2 is 1.58 bits per heavy atom. The number of aromatic nitrogens is 2. The number of anilines is 3. The van der Waals surface area contributed by atoms with Crippen LogP contribution in [0, 0.1) is 6.92 Å². The van der Waals surface area contributed by atoms with Gasteiger partial charge in [0.15, 0.2) is 18.1 Å². The molecule has 36 heavy (non-hydrogen) atoms. The van der Waals surface area contributed by atoms with Gasteiger partial charge in [0.05, 0.1) is 30.0 Å². The van der Waals surface area contributed by atoms with Gasteiger partial charge in [-0.25, -0.2) is 0 Å². The minimum absolute atomic E-state index is 0.111. The van der Waals surface area contributed by atoms with Crippen LogP contribution in [0.3, 0.4) is 0 Å². The molecule has 0 amide bonds. The van der Waals surface area contributed by atoms with E-state index in [-0.39, 0.29) is 11.7 Å². The highest BCUT2D eigenvalue weighted by molar-refractivity contribution is 6.08. The molecular formula is C31H35N4O+. The fourth-order valence-corrected chi connectivity index (χ4v) is 6.53. The molecule has 0 N–H and O–H groups in total. The van der Waals surface area contributed by atoms with Crippen LogP contribution in [0.2, 0.25) is 0 Å². The Hall–Kier alpha value is -3.73. The average molecular weight is 480 g/mol. The van der Waals surface area contributed by atoms with Crippen molar-refractivity contribution >= 4 is 39.1 Å². The highest BCUT2D eigenvalue weighted by Crippen LogP contribution is 2.51. The molecule has 1 atom stereocenters. The molecule has 184 valence electrons. The lowest BCUT2D eigenvalue weighted by molar-refractivity contribution is -0.789. The minimum Gasteiger partial charge on any atom is -0.456 e. The quantitative estimate of drug-likeness (QED) is 0.252. The minimum atomic E-state index is -0.306. The van der Waals surface area contributed by atoms with Crippen molar-refractivity contribution in [2.24, 2.45) is 7.05 Å². The molecule has 3 aromatic carbocycles. The van der Waals surface area contributed by atoms with Crippen LogP contribution in [-0.2, 0) is 12.6 Å². The molecular weight excluding hydrogens is 444 g/mol. The fourth-order valence-electron chi connectivity index (χ4n) is 6.53. The first-order valence-electron chi connectivity index (χ1n) is 12.9. The van der Waals surface area contributed by atoms with E-state index in [1.807, 2.05) is 6.07 Å². The Balaban J connectivity index is 1.57. The van der Waals surface area contributed by atoms with E-state index in [1.54, 1.807) is 0 Å². The lowest BCUT2D eigenvalue weighted by Gasteiger charge is -2.43. The number of benzene rings is 3. The van der Waals surface area contributed by atoms with Crippen LogP contribution in [0.15, 0.2) is 77.3 Å². The van der Waals surface area contributed by atoms with Gasteiger partial charge >= 0.3 is 0 Å². The third-order valence-electron chi connectivity index (χ3n) is 7.94. The first-order valence-corrected chi connectivity index (χ1v) is 12.9. The summed E-state index contributed by atoms with van der Waals surface area (Å²) in [7, 11) is 2.15. The van der Waals surface area contributed by atoms with Crippen LogP contribution in [0.25, 0.3) is 21.9 Å². The summed E-state index contributed by atoms with van der Waals surface area (Å²) in [4.78, 5) is 5.05. The molecule has 5 nitrogen and oxygen atoms in total. The molecule has 1 unspecified atom stereocenters. The maximum atomic E-state index is 6.30. The average Bonchev–Trinajstić information content (AvgIpc) is 3.49. The van der Waals surface area contributed by atoms with Crippen LogP contribution in [0.4, 0.5) is 17.2 Å². The molecule has 0 radical (unpaired) electrons. The summed E-state index contributed by atoms with van der Waals surface area (Å²) in [5.41, 5.74) is 6.65. The molecule has 6 rings (SSSR count). The summed E-state index contributed by atoms with van der Waals surface area (Å²) in [5.74, 6) is 1.19. The predicted octanol–water partition coefficient (Wildman–Crippen LogP) is 7.34. The Bertz CT molecular complexity index is 1610. The maximum Gasteiger partial charge on any atom is 0.198 e. The molecule has 3 heterocycles. The fraction of sp³-hybridized carbons (Fsp3) is 0.323. The zero-order valence-corrected chi connectivity index (χ0v) is 22.3. The molecule has 0 saturated carbocycles. The highest BCUT2D eigenvalue weighted by atomic mass is 16.3. The molecule has 0 fully saturated rings. The summed E-state index contributed by atoms with van der Waals surface area (Å²) in [6.07, 6.45) is 2.30. The lowest BCUT2D eigenvalue weighted by atomic mass is 9.84. The van der Waals surface area contributed by atoms with Crippen LogP contribution >= 0.6 is 0 Å². The van der Waals surface area contributed by atoms with Crippen molar-refractivity contribution in [2.45, 2.75) is 59.3 Å². The molecule has 5 aromatic rings. The van der Waals surface area contributed by atoms with Gasteiger partial charge in [-0.2, -0.15) is 0 Å². The first-order chi connectivity index (χ1) is 17.2. The molecule has 0 bridgehead atoms. The van der Waals surface area contributed by atoms with E-state index in [1.165, 1.54) is 39.1 Å². The van der Waals surface area contributed by atoms with Gasteiger partial charge < -0.3 is 14.2 Å². The number of rotatable bonds is 4. The normalized spacial score (nSPS) is 16.1. The van der Waals surface area contributed by atoms with Crippen LogP contribution in [0.1, 0.15) is 51.8 Å². The number of para-hydroxylation sites is 3. The van der Waals surface area contributed by atoms with Crippen molar-refractivity contribution in [3.05, 3.63) is 84.1 Å². The molecule has 1 aliphatic rings. The zero-order chi connectivity index (χ0) is 25.4. The standard InChI is InChI=1S/C31H35N4O/c1-20(2)33-19-18-28(32(33)7)34-22(4)35(25-14-10-9-13-24(25)34)31(5,6)30-21(3)16-17-27-29(30)23-12-8-11-15-26(23)36-27/h8-20,22H,1-7H3/q+1. The van der Waals surface area contributed by atoms with Crippen LogP contribution < -0.4 is 14.5 Å². The summed E-state index contributed by atoms with van der Waals surface area (Å²) in [6, 6.07) is 24.1. The van der Waals surface area contributed by atoms with Crippen molar-refractivity contribution in [3.63, 3.8) is 0 Å². The van der Waals surface area contributed by atoms with Crippen LogP contribution in [0.5, 0.6) is 0 Å². The van der Waals surface area contributed by atoms with Crippen molar-refractivity contribution < 1.29 is 9.10 Å². The second kappa shape index (κ2) is 7.89. The van der Waals surface area contributed by atoms with Crippen molar-refractivity contribution in [2.75, 3.05) is 9.80 Å². The van der Waals surface area contributed by atoms with Gasteiger partial charge in [-0.3, -0.25) is 0 Å². The van der Waals surface area contributed by atoms with Crippen LogP contribution in [-0.4, -0.2) is 10.8 Å². The number of hydrogen-bond donors (Lipinski definition) is 0. The Labute approximate surface area is 213 Å². The van der Waals surface area contributed by atoms with E-state index < -0.39 is 0 Å². The van der Waals surface area contributed by atoms with E-state index in [0.29, 0.717) is 6.04 Å². The van der Waals surface area contributed by atoms with E-state index in [4.69, 9.17) is 4.42 Å². The molecule has 1 aliphatic heterocycles. The van der Waals surface area contributed by atoms with Crippen molar-refractivity contribution in [3.8, 4) is 0 Å². The summed E-state index contributed by atoms with van der Waals surface area (Å²) < 4.78 is 10.8.